The molecule has 1 fully saturated rings. The molecular weight excluding hydrogens is 130 g/mol. The van der Waals surface area contributed by atoms with E-state index in [0.717, 1.165) is 12.5 Å². The van der Waals surface area contributed by atoms with Gasteiger partial charge in [0.1, 0.15) is 0 Å². The van der Waals surface area contributed by atoms with Gasteiger partial charge in [0.25, 0.3) is 0 Å². The molecule has 1 nitrogen and oxygen atoms in total. The quantitative estimate of drug-likeness (QED) is 0.502. The molecule has 9 heavy (non-hydrogen) atoms. The van der Waals surface area contributed by atoms with Crippen LogP contribution in [0.2, 0.25) is 0 Å². The summed E-state index contributed by atoms with van der Waals surface area (Å²) in [6.07, 6.45) is 1.31. The van der Waals surface area contributed by atoms with Crippen molar-refractivity contribution in [3.05, 3.63) is 0 Å². The summed E-state index contributed by atoms with van der Waals surface area (Å²) in [4.78, 5) is 2.34. The minimum atomic E-state index is 0.601. The van der Waals surface area contributed by atoms with Crippen molar-refractivity contribution in [2.45, 2.75) is 18.6 Å². The molecule has 0 aromatic heterocycles. The van der Waals surface area contributed by atoms with Crippen LogP contribution in [0.5, 0.6) is 0 Å². The van der Waals surface area contributed by atoms with Crippen molar-refractivity contribution in [2.24, 2.45) is 5.92 Å². The predicted octanol–water partition coefficient (Wildman–Crippen LogP) is 1.26. The molecule has 0 spiro atoms. The van der Waals surface area contributed by atoms with Crippen molar-refractivity contribution >= 4 is 12.6 Å². The highest BCUT2D eigenvalue weighted by Crippen LogP contribution is 2.19. The third-order valence-electron chi connectivity index (χ3n) is 2.12. The topological polar surface area (TPSA) is 3.24 Å². The van der Waals surface area contributed by atoms with E-state index in [-0.39, 0.29) is 0 Å². The second-order valence-electron chi connectivity index (χ2n) is 3.10. The monoisotopic (exact) mass is 145 g/mol. The Bertz CT molecular complexity index is 94.9. The summed E-state index contributed by atoms with van der Waals surface area (Å²) in [5.74, 6) is 0.810. The molecule has 1 aliphatic heterocycles. The third kappa shape index (κ3) is 1.87. The molecule has 1 aliphatic rings. The van der Waals surface area contributed by atoms with Gasteiger partial charge in [-0.05, 0) is 25.9 Å². The number of hydrogen-bond donors (Lipinski definition) is 1. The number of thiol groups is 1. The lowest BCUT2D eigenvalue weighted by atomic mass is 9.99. The Kier molecular flexibility index (Phi) is 2.42. The van der Waals surface area contributed by atoms with Crippen LogP contribution in [0, 0.1) is 5.92 Å². The van der Waals surface area contributed by atoms with E-state index < -0.39 is 0 Å². The average Bonchev–Trinajstić information content (AvgIpc) is 1.80. The zero-order valence-electron chi connectivity index (χ0n) is 6.17. The molecule has 0 N–H and O–H groups in total. The van der Waals surface area contributed by atoms with E-state index in [4.69, 9.17) is 0 Å². The SMILES string of the molecule is CC1CCN(C)CC1S. The first-order chi connectivity index (χ1) is 4.20. The van der Waals surface area contributed by atoms with Crippen molar-refractivity contribution < 1.29 is 0 Å². The number of hydrogen-bond acceptors (Lipinski definition) is 2. The maximum atomic E-state index is 4.47. The van der Waals surface area contributed by atoms with Crippen LogP contribution in [0.3, 0.4) is 0 Å². The Morgan fingerprint density at radius 2 is 2.22 bits per heavy atom. The zero-order valence-corrected chi connectivity index (χ0v) is 7.06. The molecule has 0 aromatic rings. The van der Waals surface area contributed by atoms with Crippen LogP contribution in [-0.4, -0.2) is 30.3 Å². The highest BCUT2D eigenvalue weighted by Gasteiger charge is 2.20. The third-order valence-corrected chi connectivity index (χ3v) is 2.79. The minimum absolute atomic E-state index is 0.601. The highest BCUT2D eigenvalue weighted by atomic mass is 32.1. The van der Waals surface area contributed by atoms with Crippen LogP contribution >= 0.6 is 12.6 Å². The first-order valence-corrected chi connectivity index (χ1v) is 4.08. The summed E-state index contributed by atoms with van der Waals surface area (Å²) in [6, 6.07) is 0. The van der Waals surface area contributed by atoms with Crippen LogP contribution in [0.15, 0.2) is 0 Å². The van der Waals surface area contributed by atoms with Gasteiger partial charge in [0, 0.05) is 11.8 Å². The lowest BCUT2D eigenvalue weighted by Gasteiger charge is -2.31. The van der Waals surface area contributed by atoms with E-state index in [1.54, 1.807) is 0 Å². The van der Waals surface area contributed by atoms with Crippen molar-refractivity contribution in [3.8, 4) is 0 Å². The molecule has 2 unspecified atom stereocenters. The minimum Gasteiger partial charge on any atom is -0.305 e. The second kappa shape index (κ2) is 2.93. The van der Waals surface area contributed by atoms with E-state index in [9.17, 15) is 0 Å². The van der Waals surface area contributed by atoms with Crippen LogP contribution in [0.25, 0.3) is 0 Å². The maximum absolute atomic E-state index is 4.47. The number of rotatable bonds is 0. The molecule has 0 radical (unpaired) electrons. The van der Waals surface area contributed by atoms with Crippen LogP contribution in [-0.2, 0) is 0 Å². The molecule has 0 aromatic carbocycles. The normalized spacial score (nSPS) is 39.0. The molecule has 1 rings (SSSR count). The van der Waals surface area contributed by atoms with E-state index in [1.807, 2.05) is 0 Å². The van der Waals surface area contributed by atoms with Gasteiger partial charge < -0.3 is 4.90 Å². The van der Waals surface area contributed by atoms with E-state index in [0.29, 0.717) is 5.25 Å². The Morgan fingerprint density at radius 3 is 2.67 bits per heavy atom. The van der Waals surface area contributed by atoms with Crippen molar-refractivity contribution in [3.63, 3.8) is 0 Å². The lowest BCUT2D eigenvalue weighted by molar-refractivity contribution is 0.239. The van der Waals surface area contributed by atoms with Crippen molar-refractivity contribution in [1.29, 1.82) is 0 Å². The summed E-state index contributed by atoms with van der Waals surface area (Å²) in [6.45, 7) is 4.69. The second-order valence-corrected chi connectivity index (χ2v) is 3.76. The van der Waals surface area contributed by atoms with Gasteiger partial charge in [-0.2, -0.15) is 12.6 Å². The van der Waals surface area contributed by atoms with E-state index in [2.05, 4.69) is 31.5 Å². The van der Waals surface area contributed by atoms with E-state index >= 15 is 0 Å². The Balaban J connectivity index is 2.35. The summed E-state index contributed by atoms with van der Waals surface area (Å²) < 4.78 is 0. The van der Waals surface area contributed by atoms with Gasteiger partial charge in [0.05, 0.1) is 0 Å². The van der Waals surface area contributed by atoms with Gasteiger partial charge >= 0.3 is 0 Å². The Hall–Kier alpha value is 0.310. The summed E-state index contributed by atoms with van der Waals surface area (Å²) in [5.41, 5.74) is 0. The van der Waals surface area contributed by atoms with Gasteiger partial charge in [0.15, 0.2) is 0 Å². The molecular formula is C7H15NS. The molecule has 0 aliphatic carbocycles. The zero-order chi connectivity index (χ0) is 6.85. The number of likely N-dealkylation sites (tertiary alicyclic amines) is 1. The Labute approximate surface area is 62.8 Å². The lowest BCUT2D eigenvalue weighted by Crippen LogP contribution is -2.37. The molecule has 1 saturated heterocycles. The summed E-state index contributed by atoms with van der Waals surface area (Å²) >= 11 is 4.47. The fourth-order valence-corrected chi connectivity index (χ4v) is 1.63. The molecule has 0 bridgehead atoms. The fraction of sp³-hybridized carbons (Fsp3) is 1.00. The fourth-order valence-electron chi connectivity index (χ4n) is 1.21. The molecule has 0 amide bonds. The van der Waals surface area contributed by atoms with Crippen LogP contribution < -0.4 is 0 Å². The number of piperidine rings is 1. The molecule has 1 heterocycles. The predicted molar refractivity (Wildman–Crippen MR) is 44.1 cm³/mol. The van der Waals surface area contributed by atoms with Gasteiger partial charge in [-0.3, -0.25) is 0 Å². The highest BCUT2D eigenvalue weighted by molar-refractivity contribution is 7.81. The van der Waals surface area contributed by atoms with Gasteiger partial charge in [-0.25, -0.2) is 0 Å². The Morgan fingerprint density at radius 1 is 1.56 bits per heavy atom. The molecule has 2 atom stereocenters. The van der Waals surface area contributed by atoms with Crippen LogP contribution in [0.1, 0.15) is 13.3 Å². The molecule has 2 heteroatoms. The van der Waals surface area contributed by atoms with Gasteiger partial charge in [0.2, 0.25) is 0 Å². The van der Waals surface area contributed by atoms with Crippen molar-refractivity contribution in [2.75, 3.05) is 20.1 Å². The van der Waals surface area contributed by atoms with Crippen LogP contribution in [0.4, 0.5) is 0 Å². The summed E-state index contributed by atoms with van der Waals surface area (Å²) in [7, 11) is 2.16. The van der Waals surface area contributed by atoms with Gasteiger partial charge in [-0.15, -0.1) is 0 Å². The average molecular weight is 145 g/mol. The summed E-state index contributed by atoms with van der Waals surface area (Å²) in [5, 5.41) is 0.601. The maximum Gasteiger partial charge on any atom is 0.0170 e. The standard InChI is InChI=1S/C7H15NS/c1-6-3-4-8(2)5-7(6)9/h6-7,9H,3-5H2,1-2H3. The number of nitrogens with zero attached hydrogens (tertiary/aromatic N) is 1. The molecule has 0 saturated carbocycles. The van der Waals surface area contributed by atoms with E-state index in [1.165, 1.54) is 13.0 Å². The first kappa shape index (κ1) is 7.42. The largest absolute Gasteiger partial charge is 0.305 e. The van der Waals surface area contributed by atoms with Crippen molar-refractivity contribution in [1.82, 2.24) is 4.90 Å². The van der Waals surface area contributed by atoms with Gasteiger partial charge in [-0.1, -0.05) is 6.92 Å². The molecule has 54 valence electrons. The smallest absolute Gasteiger partial charge is 0.0170 e. The first-order valence-electron chi connectivity index (χ1n) is 3.57.